The zero-order valence-corrected chi connectivity index (χ0v) is 25.3. The molecule has 0 aliphatic heterocycles. The van der Waals surface area contributed by atoms with E-state index < -0.39 is 51.8 Å². The second-order valence-electron chi connectivity index (χ2n) is 10.1. The zero-order chi connectivity index (χ0) is 29.2. The molecule has 0 amide bonds. The maximum Gasteiger partial charge on any atom is 0.472 e. The summed E-state index contributed by atoms with van der Waals surface area (Å²) in [7, 11) is -4.58. The van der Waals surface area contributed by atoms with Gasteiger partial charge < -0.3 is 24.6 Å². The van der Waals surface area contributed by atoms with Gasteiger partial charge in [0.2, 0.25) is 0 Å². The number of hydrogen-bond acceptors (Lipinski definition) is 9. The van der Waals surface area contributed by atoms with Gasteiger partial charge in [0.1, 0.15) is 12.7 Å². The molecular formula is C28H55O10P. The van der Waals surface area contributed by atoms with Crippen molar-refractivity contribution in [2.24, 2.45) is 0 Å². The highest BCUT2D eigenvalue weighted by molar-refractivity contribution is 7.47. The van der Waals surface area contributed by atoms with Gasteiger partial charge in [0.25, 0.3) is 0 Å². The van der Waals surface area contributed by atoms with Crippen molar-refractivity contribution in [3.63, 3.8) is 0 Å². The summed E-state index contributed by atoms with van der Waals surface area (Å²) in [6.45, 7) is 2.19. The molecule has 11 heteroatoms. The van der Waals surface area contributed by atoms with E-state index in [9.17, 15) is 24.2 Å². The van der Waals surface area contributed by atoms with E-state index in [4.69, 9.17) is 19.1 Å². The molecule has 0 heterocycles. The van der Waals surface area contributed by atoms with Crippen molar-refractivity contribution < 1.29 is 47.8 Å². The Kier molecular flexibility index (Phi) is 25.2. The Morgan fingerprint density at radius 1 is 0.667 bits per heavy atom. The highest BCUT2D eigenvalue weighted by atomic mass is 31.2. The molecule has 3 N–H and O–H groups in total. The van der Waals surface area contributed by atoms with Gasteiger partial charge in [-0.3, -0.25) is 18.6 Å². The number of hydrogen-bond donors (Lipinski definition) is 3. The molecule has 39 heavy (non-hydrogen) atoms. The van der Waals surface area contributed by atoms with Gasteiger partial charge in [0, 0.05) is 12.8 Å². The largest absolute Gasteiger partial charge is 0.472 e. The average molecular weight is 583 g/mol. The van der Waals surface area contributed by atoms with Gasteiger partial charge in [-0.15, -0.1) is 0 Å². The number of phosphoric acid groups is 1. The van der Waals surface area contributed by atoms with Crippen molar-refractivity contribution >= 4 is 19.8 Å². The molecule has 0 aliphatic carbocycles. The van der Waals surface area contributed by atoms with Crippen molar-refractivity contribution in [3.8, 4) is 0 Å². The SMILES string of the molecule is CCCCCCCCCCCCCCC(=O)OC[C@H](COP(=O)(O)OC[C@@H](O)CO)OC(=O)CCCCCC. The van der Waals surface area contributed by atoms with E-state index in [2.05, 4.69) is 18.4 Å². The van der Waals surface area contributed by atoms with Crippen LogP contribution in [0.2, 0.25) is 0 Å². The number of phosphoric ester groups is 1. The highest BCUT2D eigenvalue weighted by Crippen LogP contribution is 2.43. The predicted molar refractivity (Wildman–Crippen MR) is 150 cm³/mol. The van der Waals surface area contributed by atoms with Crippen molar-refractivity contribution in [2.75, 3.05) is 26.4 Å². The number of rotatable bonds is 28. The molecule has 0 saturated carbocycles. The summed E-state index contributed by atoms with van der Waals surface area (Å²) in [5.74, 6) is -0.943. The summed E-state index contributed by atoms with van der Waals surface area (Å²) in [4.78, 5) is 34.2. The van der Waals surface area contributed by atoms with Crippen LogP contribution in [0.5, 0.6) is 0 Å². The Balaban J connectivity index is 4.31. The number of unbranched alkanes of at least 4 members (excludes halogenated alkanes) is 14. The summed E-state index contributed by atoms with van der Waals surface area (Å²) >= 11 is 0. The van der Waals surface area contributed by atoms with Crippen LogP contribution in [0.25, 0.3) is 0 Å². The lowest BCUT2D eigenvalue weighted by atomic mass is 10.0. The summed E-state index contributed by atoms with van der Waals surface area (Å²) in [6.07, 6.45) is 15.8. The van der Waals surface area contributed by atoms with E-state index in [0.717, 1.165) is 38.5 Å². The number of aliphatic hydroxyl groups excluding tert-OH is 2. The molecule has 0 spiro atoms. The van der Waals surface area contributed by atoms with Crippen molar-refractivity contribution in [1.82, 2.24) is 0 Å². The first-order chi connectivity index (χ1) is 18.7. The average Bonchev–Trinajstić information content (AvgIpc) is 2.91. The molecule has 0 aromatic rings. The van der Waals surface area contributed by atoms with Crippen molar-refractivity contribution in [1.29, 1.82) is 0 Å². The summed E-state index contributed by atoms with van der Waals surface area (Å²) in [6, 6.07) is 0. The minimum Gasteiger partial charge on any atom is -0.462 e. The Morgan fingerprint density at radius 3 is 1.62 bits per heavy atom. The fourth-order valence-electron chi connectivity index (χ4n) is 3.87. The molecule has 0 bridgehead atoms. The number of carbonyl (C=O) groups excluding carboxylic acids is 2. The summed E-state index contributed by atoms with van der Waals surface area (Å²) in [5.41, 5.74) is 0. The van der Waals surface area contributed by atoms with Gasteiger partial charge >= 0.3 is 19.8 Å². The molecule has 1 unspecified atom stereocenters. The number of carbonyl (C=O) groups is 2. The molecule has 0 aromatic heterocycles. The first-order valence-corrected chi connectivity index (χ1v) is 16.5. The van der Waals surface area contributed by atoms with Gasteiger partial charge in [-0.05, 0) is 12.8 Å². The minimum absolute atomic E-state index is 0.180. The van der Waals surface area contributed by atoms with Gasteiger partial charge in [-0.25, -0.2) is 4.57 Å². The third-order valence-electron chi connectivity index (χ3n) is 6.26. The molecule has 10 nitrogen and oxygen atoms in total. The quantitative estimate of drug-likeness (QED) is 0.0570. The topological polar surface area (TPSA) is 149 Å². The summed E-state index contributed by atoms with van der Waals surface area (Å²) < 4.78 is 32.1. The van der Waals surface area contributed by atoms with E-state index in [1.54, 1.807) is 0 Å². The lowest BCUT2D eigenvalue weighted by Gasteiger charge is -2.20. The van der Waals surface area contributed by atoms with Crippen LogP contribution in [0.4, 0.5) is 0 Å². The van der Waals surface area contributed by atoms with Crippen LogP contribution in [-0.2, 0) is 32.7 Å². The molecule has 0 saturated heterocycles. The molecule has 232 valence electrons. The van der Waals surface area contributed by atoms with E-state index >= 15 is 0 Å². The Morgan fingerprint density at radius 2 is 1.10 bits per heavy atom. The Bertz CT molecular complexity index is 646. The van der Waals surface area contributed by atoms with Crippen LogP contribution in [0.3, 0.4) is 0 Å². The van der Waals surface area contributed by atoms with E-state index in [-0.39, 0.29) is 19.4 Å². The third kappa shape index (κ3) is 25.7. The van der Waals surface area contributed by atoms with Crippen LogP contribution in [0.1, 0.15) is 129 Å². The van der Waals surface area contributed by atoms with Crippen LogP contribution >= 0.6 is 7.82 Å². The zero-order valence-electron chi connectivity index (χ0n) is 24.4. The van der Waals surface area contributed by atoms with Crippen LogP contribution < -0.4 is 0 Å². The van der Waals surface area contributed by atoms with Gasteiger partial charge in [0.15, 0.2) is 6.10 Å². The van der Waals surface area contributed by atoms with Crippen LogP contribution in [0.15, 0.2) is 0 Å². The maximum absolute atomic E-state index is 12.2. The molecule has 3 atom stereocenters. The lowest BCUT2D eigenvalue weighted by molar-refractivity contribution is -0.161. The fourth-order valence-corrected chi connectivity index (χ4v) is 4.66. The van der Waals surface area contributed by atoms with E-state index in [0.29, 0.717) is 12.8 Å². The molecular weight excluding hydrogens is 527 g/mol. The van der Waals surface area contributed by atoms with Crippen molar-refractivity contribution in [2.45, 2.75) is 142 Å². The van der Waals surface area contributed by atoms with Gasteiger partial charge in [-0.1, -0.05) is 104 Å². The highest BCUT2D eigenvalue weighted by Gasteiger charge is 2.27. The molecule has 0 aliphatic rings. The Labute approximate surface area is 235 Å². The first kappa shape index (κ1) is 38.0. The molecule has 0 rings (SSSR count). The first-order valence-electron chi connectivity index (χ1n) is 15.0. The predicted octanol–water partition coefficient (Wildman–Crippen LogP) is 5.99. The second-order valence-corrected chi connectivity index (χ2v) is 11.6. The molecule has 0 radical (unpaired) electrons. The number of aliphatic hydroxyl groups is 2. The standard InChI is InChI=1S/C28H55O10P/c1-3-5-7-9-10-11-12-13-14-15-16-18-19-27(31)35-23-26(38-28(32)20-17-8-6-4-2)24-37-39(33,34)36-22-25(30)21-29/h25-26,29-30H,3-24H2,1-2H3,(H,33,34)/t25-,26+/m0/s1. The van der Waals surface area contributed by atoms with Crippen molar-refractivity contribution in [3.05, 3.63) is 0 Å². The normalized spacial score (nSPS) is 14.5. The second kappa shape index (κ2) is 25.9. The minimum atomic E-state index is -4.58. The third-order valence-corrected chi connectivity index (χ3v) is 7.21. The monoisotopic (exact) mass is 582 g/mol. The van der Waals surface area contributed by atoms with Gasteiger partial charge in [0.05, 0.1) is 19.8 Å². The summed E-state index contributed by atoms with van der Waals surface area (Å²) in [5, 5.41) is 18.1. The fraction of sp³-hybridized carbons (Fsp3) is 0.929. The number of esters is 2. The Hall–Kier alpha value is -1.03. The van der Waals surface area contributed by atoms with E-state index in [1.165, 1.54) is 51.4 Å². The van der Waals surface area contributed by atoms with Crippen LogP contribution in [-0.4, -0.2) is 65.7 Å². The smallest absolute Gasteiger partial charge is 0.462 e. The van der Waals surface area contributed by atoms with Crippen LogP contribution in [0, 0.1) is 0 Å². The number of ether oxygens (including phenoxy) is 2. The molecule has 0 aromatic carbocycles. The lowest BCUT2D eigenvalue weighted by Crippen LogP contribution is -2.29. The van der Waals surface area contributed by atoms with E-state index in [1.807, 2.05) is 0 Å². The van der Waals surface area contributed by atoms with Gasteiger partial charge in [-0.2, -0.15) is 0 Å². The molecule has 0 fully saturated rings. The maximum atomic E-state index is 12.2.